The first-order valence-electron chi connectivity index (χ1n) is 6.68. The Balaban J connectivity index is 1.98. The van der Waals surface area contributed by atoms with Gasteiger partial charge in [-0.25, -0.2) is 4.68 Å². The molecule has 1 atom stereocenters. The summed E-state index contributed by atoms with van der Waals surface area (Å²) in [5.74, 6) is 1.03. The first-order valence-corrected chi connectivity index (χ1v) is 7.56. The number of aryl methyl sites for hydroxylation is 1. The number of anilines is 1. The molecule has 1 N–H and O–H groups in total. The van der Waals surface area contributed by atoms with E-state index in [1.54, 1.807) is 25.6 Å². The first-order chi connectivity index (χ1) is 9.74. The molecule has 3 heterocycles. The van der Waals surface area contributed by atoms with E-state index in [9.17, 15) is 0 Å². The van der Waals surface area contributed by atoms with Gasteiger partial charge in [0, 0.05) is 26.8 Å². The molecule has 0 fully saturated rings. The Morgan fingerprint density at radius 3 is 2.90 bits per heavy atom. The third kappa shape index (κ3) is 2.24. The average Bonchev–Trinajstić information content (AvgIpc) is 3.06. The highest BCUT2D eigenvalue weighted by Crippen LogP contribution is 2.34. The molecule has 0 aromatic carbocycles. The van der Waals surface area contributed by atoms with Crippen molar-refractivity contribution in [2.45, 2.75) is 25.7 Å². The van der Waals surface area contributed by atoms with E-state index < -0.39 is 0 Å². The van der Waals surface area contributed by atoms with Gasteiger partial charge in [-0.3, -0.25) is 0 Å². The molecule has 1 unspecified atom stereocenters. The number of nitrogens with one attached hydrogen (secondary N) is 1. The molecule has 0 aliphatic carbocycles. The number of methoxy groups -OCH3 is 2. The van der Waals surface area contributed by atoms with Crippen LogP contribution in [-0.2, 0) is 9.47 Å². The van der Waals surface area contributed by atoms with E-state index in [2.05, 4.69) is 29.8 Å². The van der Waals surface area contributed by atoms with Gasteiger partial charge < -0.3 is 14.8 Å². The molecule has 0 spiro atoms. The summed E-state index contributed by atoms with van der Waals surface area (Å²) >= 11 is 1.72. The number of ether oxygens (including phenoxy) is 2. The molecule has 20 heavy (non-hydrogen) atoms. The lowest BCUT2D eigenvalue weighted by molar-refractivity contribution is -0.135. The fraction of sp³-hybridized carbons (Fsp3) is 0.500. The van der Waals surface area contributed by atoms with E-state index in [0.717, 1.165) is 24.5 Å². The zero-order valence-corrected chi connectivity index (χ0v) is 12.7. The van der Waals surface area contributed by atoms with Crippen molar-refractivity contribution in [1.82, 2.24) is 9.78 Å². The van der Waals surface area contributed by atoms with Crippen molar-refractivity contribution >= 4 is 17.2 Å². The molecular weight excluding hydrogens is 274 g/mol. The molecule has 0 bridgehead atoms. The van der Waals surface area contributed by atoms with Crippen molar-refractivity contribution < 1.29 is 9.47 Å². The van der Waals surface area contributed by atoms with E-state index in [4.69, 9.17) is 14.6 Å². The van der Waals surface area contributed by atoms with Gasteiger partial charge in [0.2, 0.25) is 0 Å². The number of hydrogen-bond acceptors (Lipinski definition) is 5. The Kier molecular flexibility index (Phi) is 3.78. The Bertz CT molecular complexity index is 589. The van der Waals surface area contributed by atoms with Crippen LogP contribution in [0.2, 0.25) is 0 Å². The minimum atomic E-state index is -0.270. The van der Waals surface area contributed by atoms with E-state index in [0.29, 0.717) is 0 Å². The van der Waals surface area contributed by atoms with Crippen LogP contribution in [0.4, 0.5) is 5.82 Å². The number of hydrogen-bond donors (Lipinski definition) is 1. The summed E-state index contributed by atoms with van der Waals surface area (Å²) in [5, 5.41) is 10.2. The standard InChI is InChI=1S/C14H19N3O2S/c1-9-5-7-20-13(9)10-8-12-15-6-4-11(17(12)16-10)14(18-2)19-3/h5,7-8,11,14-15H,4,6H2,1-3H3. The maximum atomic E-state index is 5.41. The second kappa shape index (κ2) is 5.55. The predicted octanol–water partition coefficient (Wildman–Crippen LogP) is 2.90. The van der Waals surface area contributed by atoms with Crippen LogP contribution >= 0.6 is 11.3 Å². The highest BCUT2D eigenvalue weighted by atomic mass is 32.1. The van der Waals surface area contributed by atoms with Crippen LogP contribution in [0.3, 0.4) is 0 Å². The zero-order chi connectivity index (χ0) is 14.1. The Hall–Kier alpha value is -1.37. The van der Waals surface area contributed by atoms with Gasteiger partial charge in [-0.15, -0.1) is 11.3 Å². The second-order valence-corrected chi connectivity index (χ2v) is 5.83. The average molecular weight is 293 g/mol. The van der Waals surface area contributed by atoms with Crippen molar-refractivity contribution in [3.8, 4) is 10.6 Å². The molecular formula is C14H19N3O2S. The zero-order valence-electron chi connectivity index (χ0n) is 11.9. The SMILES string of the molecule is COC(OC)C1CCNc2cc(-c3sccc3C)nn21. The van der Waals surface area contributed by atoms with Crippen LogP contribution in [0.1, 0.15) is 18.0 Å². The molecule has 5 nitrogen and oxygen atoms in total. The molecule has 108 valence electrons. The molecule has 1 aliphatic rings. The third-order valence-corrected chi connectivity index (χ3v) is 4.71. The molecule has 1 aliphatic heterocycles. The Labute approximate surface area is 122 Å². The molecule has 2 aromatic rings. The lowest BCUT2D eigenvalue weighted by Crippen LogP contribution is -2.34. The van der Waals surface area contributed by atoms with Crippen molar-refractivity contribution in [3.63, 3.8) is 0 Å². The van der Waals surface area contributed by atoms with Crippen molar-refractivity contribution in [3.05, 3.63) is 23.1 Å². The summed E-state index contributed by atoms with van der Waals surface area (Å²) < 4.78 is 12.8. The van der Waals surface area contributed by atoms with Gasteiger partial charge in [0.15, 0.2) is 6.29 Å². The lowest BCUT2D eigenvalue weighted by atomic mass is 10.1. The predicted molar refractivity (Wildman–Crippen MR) is 80.2 cm³/mol. The topological polar surface area (TPSA) is 48.3 Å². The molecule has 0 radical (unpaired) electrons. The van der Waals surface area contributed by atoms with Crippen LogP contribution in [0.5, 0.6) is 0 Å². The van der Waals surface area contributed by atoms with Gasteiger partial charge in [0.1, 0.15) is 17.6 Å². The van der Waals surface area contributed by atoms with Crippen molar-refractivity contribution in [1.29, 1.82) is 0 Å². The van der Waals surface area contributed by atoms with Crippen LogP contribution in [-0.4, -0.2) is 36.8 Å². The molecule has 0 amide bonds. The highest BCUT2D eigenvalue weighted by Gasteiger charge is 2.29. The molecule has 0 saturated carbocycles. The van der Waals surface area contributed by atoms with Crippen molar-refractivity contribution in [2.75, 3.05) is 26.1 Å². The van der Waals surface area contributed by atoms with Gasteiger partial charge >= 0.3 is 0 Å². The van der Waals surface area contributed by atoms with Crippen LogP contribution < -0.4 is 5.32 Å². The fourth-order valence-electron chi connectivity index (χ4n) is 2.66. The number of aromatic nitrogens is 2. The number of rotatable bonds is 4. The summed E-state index contributed by atoms with van der Waals surface area (Å²) in [7, 11) is 3.34. The minimum absolute atomic E-state index is 0.107. The monoisotopic (exact) mass is 293 g/mol. The lowest BCUT2D eigenvalue weighted by Gasteiger charge is -2.30. The summed E-state index contributed by atoms with van der Waals surface area (Å²) in [6.45, 7) is 3.02. The number of thiophene rings is 1. The second-order valence-electron chi connectivity index (χ2n) is 4.91. The fourth-order valence-corrected chi connectivity index (χ4v) is 3.54. The van der Waals surface area contributed by atoms with Crippen LogP contribution in [0.25, 0.3) is 10.6 Å². The molecule has 3 rings (SSSR count). The van der Waals surface area contributed by atoms with Crippen LogP contribution in [0, 0.1) is 6.92 Å². The van der Waals surface area contributed by atoms with E-state index in [1.165, 1.54) is 10.4 Å². The van der Waals surface area contributed by atoms with Crippen LogP contribution in [0.15, 0.2) is 17.5 Å². The van der Waals surface area contributed by atoms with E-state index in [1.807, 2.05) is 4.68 Å². The number of nitrogens with zero attached hydrogens (tertiary/aromatic N) is 2. The Morgan fingerprint density at radius 2 is 2.25 bits per heavy atom. The largest absolute Gasteiger partial charge is 0.370 e. The molecule has 0 saturated heterocycles. The summed E-state index contributed by atoms with van der Waals surface area (Å²) in [5.41, 5.74) is 2.27. The maximum Gasteiger partial charge on any atom is 0.179 e. The van der Waals surface area contributed by atoms with Crippen molar-refractivity contribution in [2.24, 2.45) is 0 Å². The smallest absolute Gasteiger partial charge is 0.179 e. The normalized spacial score (nSPS) is 18.1. The minimum Gasteiger partial charge on any atom is -0.370 e. The molecule has 2 aromatic heterocycles. The van der Waals surface area contributed by atoms with Gasteiger partial charge in [-0.05, 0) is 30.4 Å². The maximum absolute atomic E-state index is 5.41. The van der Waals surface area contributed by atoms with Gasteiger partial charge in [-0.2, -0.15) is 5.10 Å². The quantitative estimate of drug-likeness (QED) is 0.881. The first kappa shape index (κ1) is 13.6. The van der Waals surface area contributed by atoms with E-state index >= 15 is 0 Å². The Morgan fingerprint density at radius 1 is 1.45 bits per heavy atom. The van der Waals surface area contributed by atoms with Gasteiger partial charge in [-0.1, -0.05) is 0 Å². The van der Waals surface area contributed by atoms with E-state index in [-0.39, 0.29) is 12.3 Å². The highest BCUT2D eigenvalue weighted by molar-refractivity contribution is 7.13. The van der Waals surface area contributed by atoms with Gasteiger partial charge in [0.25, 0.3) is 0 Å². The third-order valence-electron chi connectivity index (χ3n) is 3.67. The summed E-state index contributed by atoms with van der Waals surface area (Å²) in [6.07, 6.45) is 0.664. The van der Waals surface area contributed by atoms with Gasteiger partial charge in [0.05, 0.1) is 4.88 Å². The summed E-state index contributed by atoms with van der Waals surface area (Å²) in [4.78, 5) is 1.22. The molecule has 6 heteroatoms. The number of fused-ring (bicyclic) bond motifs is 1. The summed E-state index contributed by atoms with van der Waals surface area (Å²) in [6, 6.07) is 4.33.